The number of ether oxygens (including phenoxy) is 1. The second-order valence-corrected chi connectivity index (χ2v) is 4.35. The minimum absolute atomic E-state index is 0.415. The van der Waals surface area contributed by atoms with Crippen LogP contribution in [0, 0.1) is 0 Å². The second kappa shape index (κ2) is 5.93. The zero-order valence-electron chi connectivity index (χ0n) is 11.2. The topological polar surface area (TPSA) is 78.3 Å². The van der Waals surface area contributed by atoms with E-state index in [0.29, 0.717) is 22.5 Å². The molecular formula is C16H16N2O2. The Balaban J connectivity index is 2.53. The number of esters is 1. The van der Waals surface area contributed by atoms with E-state index in [1.165, 1.54) is 7.11 Å². The van der Waals surface area contributed by atoms with Gasteiger partial charge in [-0.05, 0) is 35.4 Å². The highest BCUT2D eigenvalue weighted by molar-refractivity contribution is 6.21. The van der Waals surface area contributed by atoms with Crippen molar-refractivity contribution < 1.29 is 9.53 Å². The lowest BCUT2D eigenvalue weighted by Crippen LogP contribution is -2.05. The number of hydrogen-bond acceptors (Lipinski definition) is 4. The highest BCUT2D eigenvalue weighted by Gasteiger charge is 2.13. The summed E-state index contributed by atoms with van der Waals surface area (Å²) in [5.41, 5.74) is 14.5. The third kappa shape index (κ3) is 3.17. The van der Waals surface area contributed by atoms with Crippen molar-refractivity contribution in [1.82, 2.24) is 0 Å². The molecule has 0 spiro atoms. The van der Waals surface area contributed by atoms with Gasteiger partial charge in [0.05, 0.1) is 12.7 Å². The number of anilines is 2. The molecule has 0 heterocycles. The fraction of sp³-hybridized carbons (Fsp3) is 0.0625. The average Bonchev–Trinajstić information content (AvgIpc) is 2.44. The third-order valence-electron chi connectivity index (χ3n) is 2.80. The summed E-state index contributed by atoms with van der Waals surface area (Å²) in [6, 6.07) is 14.5. The first-order valence-electron chi connectivity index (χ1n) is 6.11. The fourth-order valence-electron chi connectivity index (χ4n) is 1.92. The number of nitrogens with two attached hydrogens (primary N) is 2. The molecule has 0 aliphatic heterocycles. The smallest absolute Gasteiger partial charge is 0.338 e. The lowest BCUT2D eigenvalue weighted by Gasteiger charge is -2.08. The van der Waals surface area contributed by atoms with Gasteiger partial charge in [-0.25, -0.2) is 4.79 Å². The number of carbonyl (C=O) groups excluding carboxylic acids is 1. The zero-order valence-corrected chi connectivity index (χ0v) is 11.2. The molecular weight excluding hydrogens is 252 g/mol. The average molecular weight is 268 g/mol. The summed E-state index contributed by atoms with van der Waals surface area (Å²) >= 11 is 0. The molecule has 2 rings (SSSR count). The molecule has 0 amide bonds. The van der Waals surface area contributed by atoms with Crippen molar-refractivity contribution in [2.45, 2.75) is 0 Å². The molecule has 0 saturated heterocycles. The normalized spacial score (nSPS) is 11.2. The van der Waals surface area contributed by atoms with Crippen molar-refractivity contribution >= 4 is 29.0 Å². The molecule has 0 aliphatic carbocycles. The van der Waals surface area contributed by atoms with Crippen LogP contribution < -0.4 is 11.5 Å². The first kappa shape index (κ1) is 13.7. The largest absolute Gasteiger partial charge is 0.465 e. The van der Waals surface area contributed by atoms with E-state index in [1.807, 2.05) is 30.3 Å². The van der Waals surface area contributed by atoms with Gasteiger partial charge in [-0.1, -0.05) is 30.3 Å². The van der Waals surface area contributed by atoms with Gasteiger partial charge in [0.2, 0.25) is 0 Å². The summed E-state index contributed by atoms with van der Waals surface area (Å²) in [4.78, 5) is 12.0. The minimum atomic E-state index is -0.432. The summed E-state index contributed by atoms with van der Waals surface area (Å²) in [5, 5.41) is 0. The van der Waals surface area contributed by atoms with Crippen LogP contribution in [0.5, 0.6) is 0 Å². The van der Waals surface area contributed by atoms with E-state index in [4.69, 9.17) is 16.2 Å². The van der Waals surface area contributed by atoms with E-state index in [0.717, 1.165) is 5.56 Å². The van der Waals surface area contributed by atoms with Crippen LogP contribution in [0.25, 0.3) is 11.6 Å². The standard InChI is InChI=1S/C16H16N2O2/c1-20-16(19)15(7-11-5-3-2-4-6-11)12-8-13(17)10-14(18)9-12/h2-10H,17-18H2,1H3. The van der Waals surface area contributed by atoms with E-state index in [9.17, 15) is 4.79 Å². The number of nitrogen functional groups attached to an aromatic ring is 2. The maximum atomic E-state index is 12.0. The molecule has 4 N–H and O–H groups in total. The predicted molar refractivity (Wildman–Crippen MR) is 81.6 cm³/mol. The molecule has 2 aromatic carbocycles. The van der Waals surface area contributed by atoms with Gasteiger partial charge < -0.3 is 16.2 Å². The van der Waals surface area contributed by atoms with Crippen LogP contribution in [0.3, 0.4) is 0 Å². The van der Waals surface area contributed by atoms with Crippen molar-refractivity contribution in [2.75, 3.05) is 18.6 Å². The highest BCUT2D eigenvalue weighted by Crippen LogP contribution is 2.24. The van der Waals surface area contributed by atoms with Crippen molar-refractivity contribution in [3.05, 3.63) is 59.7 Å². The summed E-state index contributed by atoms with van der Waals surface area (Å²) < 4.78 is 4.83. The molecule has 0 unspecified atom stereocenters. The molecule has 0 aliphatic rings. The van der Waals surface area contributed by atoms with Gasteiger partial charge in [0.25, 0.3) is 0 Å². The first-order valence-corrected chi connectivity index (χ1v) is 6.11. The van der Waals surface area contributed by atoms with Crippen LogP contribution in [0.2, 0.25) is 0 Å². The van der Waals surface area contributed by atoms with Crippen LogP contribution in [0.15, 0.2) is 48.5 Å². The van der Waals surface area contributed by atoms with Crippen molar-refractivity contribution in [2.24, 2.45) is 0 Å². The van der Waals surface area contributed by atoms with E-state index in [2.05, 4.69) is 0 Å². The maximum absolute atomic E-state index is 12.0. The molecule has 2 aromatic rings. The lowest BCUT2D eigenvalue weighted by molar-refractivity contribution is -0.133. The van der Waals surface area contributed by atoms with Gasteiger partial charge in [-0.3, -0.25) is 0 Å². The van der Waals surface area contributed by atoms with Gasteiger partial charge in [-0.15, -0.1) is 0 Å². The summed E-state index contributed by atoms with van der Waals surface area (Å²) in [7, 11) is 1.34. The molecule has 0 saturated carbocycles. The Bertz CT molecular complexity index is 629. The maximum Gasteiger partial charge on any atom is 0.338 e. The number of methoxy groups -OCH3 is 1. The Morgan fingerprint density at radius 2 is 1.65 bits per heavy atom. The first-order chi connectivity index (χ1) is 9.60. The van der Waals surface area contributed by atoms with Crippen molar-refractivity contribution in [3.8, 4) is 0 Å². The zero-order chi connectivity index (χ0) is 14.5. The van der Waals surface area contributed by atoms with Gasteiger partial charge >= 0.3 is 5.97 Å². The molecule has 0 aromatic heterocycles. The van der Waals surface area contributed by atoms with Gasteiger partial charge in [0.15, 0.2) is 0 Å². The molecule has 102 valence electrons. The predicted octanol–water partition coefficient (Wildman–Crippen LogP) is 2.56. The van der Waals surface area contributed by atoms with Crippen LogP contribution in [0.1, 0.15) is 11.1 Å². The van der Waals surface area contributed by atoms with Crippen LogP contribution >= 0.6 is 0 Å². The third-order valence-corrected chi connectivity index (χ3v) is 2.80. The monoisotopic (exact) mass is 268 g/mol. The number of carbonyl (C=O) groups is 1. The number of benzene rings is 2. The number of rotatable bonds is 3. The molecule has 0 atom stereocenters. The Morgan fingerprint density at radius 3 is 2.20 bits per heavy atom. The summed E-state index contributed by atoms with van der Waals surface area (Å²) in [6.45, 7) is 0. The fourth-order valence-corrected chi connectivity index (χ4v) is 1.92. The SMILES string of the molecule is COC(=O)C(=Cc1ccccc1)c1cc(N)cc(N)c1. The van der Waals surface area contributed by atoms with Gasteiger partial charge in [0, 0.05) is 11.4 Å². The lowest BCUT2D eigenvalue weighted by atomic mass is 10.0. The highest BCUT2D eigenvalue weighted by atomic mass is 16.5. The van der Waals surface area contributed by atoms with Crippen LogP contribution in [-0.4, -0.2) is 13.1 Å². The Labute approximate surface area is 117 Å². The van der Waals surface area contributed by atoms with E-state index < -0.39 is 5.97 Å². The van der Waals surface area contributed by atoms with E-state index in [1.54, 1.807) is 24.3 Å². The van der Waals surface area contributed by atoms with Crippen LogP contribution in [0.4, 0.5) is 11.4 Å². The summed E-state index contributed by atoms with van der Waals surface area (Å²) in [5.74, 6) is -0.432. The second-order valence-electron chi connectivity index (χ2n) is 4.35. The van der Waals surface area contributed by atoms with Gasteiger partial charge in [-0.2, -0.15) is 0 Å². The van der Waals surface area contributed by atoms with Crippen molar-refractivity contribution in [1.29, 1.82) is 0 Å². The Morgan fingerprint density at radius 1 is 1.05 bits per heavy atom. The van der Waals surface area contributed by atoms with Gasteiger partial charge in [0.1, 0.15) is 0 Å². The van der Waals surface area contributed by atoms with E-state index in [-0.39, 0.29) is 0 Å². The Kier molecular flexibility index (Phi) is 4.05. The van der Waals surface area contributed by atoms with Crippen LogP contribution in [-0.2, 0) is 9.53 Å². The molecule has 20 heavy (non-hydrogen) atoms. The summed E-state index contributed by atoms with van der Waals surface area (Å²) in [6.07, 6.45) is 1.75. The van der Waals surface area contributed by atoms with E-state index >= 15 is 0 Å². The molecule has 0 radical (unpaired) electrons. The minimum Gasteiger partial charge on any atom is -0.465 e. The Hall–Kier alpha value is -2.75. The molecule has 4 heteroatoms. The quantitative estimate of drug-likeness (QED) is 0.388. The number of hydrogen-bond donors (Lipinski definition) is 2. The molecule has 0 bridgehead atoms. The molecule has 4 nitrogen and oxygen atoms in total. The van der Waals surface area contributed by atoms with Crippen molar-refractivity contribution in [3.63, 3.8) is 0 Å². The molecule has 0 fully saturated rings.